The van der Waals surface area contributed by atoms with Crippen LogP contribution in [-0.4, -0.2) is 27.2 Å². The van der Waals surface area contributed by atoms with Crippen molar-refractivity contribution in [3.05, 3.63) is 39.6 Å². The Morgan fingerprint density at radius 1 is 1.24 bits per heavy atom. The number of carbonyl (C=O) groups is 1. The van der Waals surface area contributed by atoms with Crippen molar-refractivity contribution in [2.45, 2.75) is 27.2 Å². The quantitative estimate of drug-likeness (QED) is 0.766. The van der Waals surface area contributed by atoms with Crippen molar-refractivity contribution in [3.63, 3.8) is 0 Å². The van der Waals surface area contributed by atoms with Gasteiger partial charge in [0.2, 0.25) is 10.0 Å². The fraction of sp³-hybridized carbons (Fsp3) is 0.353. The van der Waals surface area contributed by atoms with Crippen LogP contribution in [0.1, 0.15) is 34.0 Å². The molecule has 1 heterocycles. The summed E-state index contributed by atoms with van der Waals surface area (Å²) >= 11 is 1.46. The number of ether oxygens (including phenoxy) is 1. The molecule has 0 fully saturated rings. The largest absolute Gasteiger partial charge is 0.494 e. The van der Waals surface area contributed by atoms with E-state index in [1.54, 1.807) is 25.1 Å². The van der Waals surface area contributed by atoms with Crippen LogP contribution in [0.2, 0.25) is 0 Å². The average Bonchev–Trinajstić information content (AvgIpc) is 2.97. The smallest absolute Gasteiger partial charge is 0.265 e. The number of nitrogens with one attached hydrogen (secondary N) is 2. The summed E-state index contributed by atoms with van der Waals surface area (Å²) in [6, 6.07) is 6.69. The monoisotopic (exact) mass is 382 g/mol. The highest BCUT2D eigenvalue weighted by molar-refractivity contribution is 7.92. The molecular weight excluding hydrogens is 360 g/mol. The van der Waals surface area contributed by atoms with E-state index in [9.17, 15) is 13.2 Å². The number of hydrogen-bond acceptors (Lipinski definition) is 5. The molecule has 1 aromatic carbocycles. The van der Waals surface area contributed by atoms with Gasteiger partial charge in [0, 0.05) is 16.6 Å². The van der Waals surface area contributed by atoms with Crippen LogP contribution >= 0.6 is 11.3 Å². The first-order valence-corrected chi connectivity index (χ1v) is 10.4. The summed E-state index contributed by atoms with van der Waals surface area (Å²) in [6.07, 6.45) is 0.885. The second-order valence-electron chi connectivity index (χ2n) is 5.42. The molecule has 25 heavy (non-hydrogen) atoms. The van der Waals surface area contributed by atoms with E-state index in [0.717, 1.165) is 16.9 Å². The summed E-state index contributed by atoms with van der Waals surface area (Å²) in [4.78, 5) is 14.2. The standard InChI is InChI=1S/C17H22N2O4S2/c1-5-12-9-16(24-11(12)3)17(20)18-13-7-8-14(15(10-13)23-4)19-25(21,22)6-2/h7-10,19H,5-6H2,1-4H3,(H,18,20). The van der Waals surface area contributed by atoms with Crippen molar-refractivity contribution in [2.75, 3.05) is 22.9 Å². The van der Waals surface area contributed by atoms with Gasteiger partial charge in [-0.3, -0.25) is 9.52 Å². The van der Waals surface area contributed by atoms with Gasteiger partial charge in [-0.15, -0.1) is 11.3 Å². The molecule has 0 saturated carbocycles. The van der Waals surface area contributed by atoms with E-state index in [0.29, 0.717) is 22.0 Å². The Hall–Kier alpha value is -2.06. The summed E-state index contributed by atoms with van der Waals surface area (Å²) in [5, 5.41) is 2.82. The van der Waals surface area contributed by atoms with Gasteiger partial charge in [0.05, 0.1) is 23.4 Å². The Morgan fingerprint density at radius 3 is 2.52 bits per heavy atom. The lowest BCUT2D eigenvalue weighted by Crippen LogP contribution is -2.15. The van der Waals surface area contributed by atoms with Crippen molar-refractivity contribution < 1.29 is 17.9 Å². The zero-order valence-corrected chi connectivity index (χ0v) is 16.3. The maximum absolute atomic E-state index is 12.4. The van der Waals surface area contributed by atoms with E-state index in [1.165, 1.54) is 18.4 Å². The number of anilines is 2. The second kappa shape index (κ2) is 7.88. The molecule has 0 spiro atoms. The lowest BCUT2D eigenvalue weighted by molar-refractivity contribution is 0.103. The van der Waals surface area contributed by atoms with E-state index in [1.807, 2.05) is 13.0 Å². The van der Waals surface area contributed by atoms with Crippen LogP contribution < -0.4 is 14.8 Å². The molecule has 2 N–H and O–H groups in total. The summed E-state index contributed by atoms with van der Waals surface area (Å²) in [5.41, 5.74) is 2.03. The molecule has 1 aromatic heterocycles. The van der Waals surface area contributed by atoms with Crippen LogP contribution in [0.15, 0.2) is 24.3 Å². The molecule has 1 amide bonds. The highest BCUT2D eigenvalue weighted by atomic mass is 32.2. The Morgan fingerprint density at radius 2 is 1.96 bits per heavy atom. The van der Waals surface area contributed by atoms with Crippen LogP contribution in [0.3, 0.4) is 0 Å². The van der Waals surface area contributed by atoms with E-state index in [2.05, 4.69) is 17.0 Å². The minimum atomic E-state index is -3.40. The summed E-state index contributed by atoms with van der Waals surface area (Å²) < 4.78 is 31.1. The normalized spacial score (nSPS) is 11.2. The first kappa shape index (κ1) is 19.3. The average molecular weight is 383 g/mol. The third-order valence-electron chi connectivity index (χ3n) is 3.73. The Bertz CT molecular complexity index is 873. The summed E-state index contributed by atoms with van der Waals surface area (Å²) in [7, 11) is -1.96. The van der Waals surface area contributed by atoms with Gasteiger partial charge in [-0.05, 0) is 44.0 Å². The highest BCUT2D eigenvalue weighted by Crippen LogP contribution is 2.30. The predicted octanol–water partition coefficient (Wildman–Crippen LogP) is 3.64. The zero-order chi connectivity index (χ0) is 18.6. The number of sulfonamides is 1. The van der Waals surface area contributed by atoms with Crippen LogP contribution in [-0.2, 0) is 16.4 Å². The molecule has 0 saturated heterocycles. The molecule has 0 bridgehead atoms. The molecular formula is C17H22N2O4S2. The van der Waals surface area contributed by atoms with Crippen LogP contribution in [0, 0.1) is 6.92 Å². The molecule has 136 valence electrons. The van der Waals surface area contributed by atoms with Gasteiger partial charge in [0.1, 0.15) is 5.75 Å². The van der Waals surface area contributed by atoms with Crippen molar-refractivity contribution in [3.8, 4) is 5.75 Å². The number of methoxy groups -OCH3 is 1. The lowest BCUT2D eigenvalue weighted by Gasteiger charge is -2.13. The Labute approximate surface area is 152 Å². The van der Waals surface area contributed by atoms with E-state index in [4.69, 9.17) is 4.74 Å². The summed E-state index contributed by atoms with van der Waals surface area (Å²) in [6.45, 7) is 5.60. The Balaban J connectivity index is 2.21. The van der Waals surface area contributed by atoms with Crippen molar-refractivity contribution >= 4 is 38.6 Å². The van der Waals surface area contributed by atoms with Crippen molar-refractivity contribution in [2.24, 2.45) is 0 Å². The number of rotatable bonds is 7. The fourth-order valence-corrected chi connectivity index (χ4v) is 3.93. The van der Waals surface area contributed by atoms with Gasteiger partial charge in [-0.2, -0.15) is 0 Å². The zero-order valence-electron chi connectivity index (χ0n) is 14.7. The van der Waals surface area contributed by atoms with E-state index in [-0.39, 0.29) is 11.7 Å². The molecule has 0 unspecified atom stereocenters. The second-order valence-corrected chi connectivity index (χ2v) is 8.69. The van der Waals surface area contributed by atoms with Gasteiger partial charge in [-0.1, -0.05) is 6.92 Å². The SMILES string of the molecule is CCc1cc(C(=O)Nc2ccc(NS(=O)(=O)CC)c(OC)c2)sc1C. The predicted molar refractivity (Wildman–Crippen MR) is 102 cm³/mol. The van der Waals surface area contributed by atoms with Crippen LogP contribution in [0.4, 0.5) is 11.4 Å². The first-order valence-electron chi connectivity index (χ1n) is 7.88. The third kappa shape index (κ3) is 4.73. The first-order chi connectivity index (χ1) is 11.8. The van der Waals surface area contributed by atoms with Crippen molar-refractivity contribution in [1.29, 1.82) is 0 Å². The minimum absolute atomic E-state index is 0.0356. The molecule has 2 rings (SSSR count). The van der Waals surface area contributed by atoms with Crippen LogP contribution in [0.25, 0.3) is 0 Å². The van der Waals surface area contributed by atoms with Gasteiger partial charge in [0.25, 0.3) is 5.91 Å². The van der Waals surface area contributed by atoms with Gasteiger partial charge in [0.15, 0.2) is 0 Å². The third-order valence-corrected chi connectivity index (χ3v) is 6.11. The van der Waals surface area contributed by atoms with Gasteiger partial charge < -0.3 is 10.1 Å². The number of thiophene rings is 1. The molecule has 0 aliphatic rings. The van der Waals surface area contributed by atoms with Crippen LogP contribution in [0.5, 0.6) is 5.75 Å². The maximum Gasteiger partial charge on any atom is 0.265 e. The minimum Gasteiger partial charge on any atom is -0.494 e. The molecule has 0 radical (unpaired) electrons. The number of aryl methyl sites for hydroxylation is 2. The molecule has 8 heteroatoms. The summed E-state index contributed by atoms with van der Waals surface area (Å²) in [5.74, 6) is 0.106. The molecule has 6 nitrogen and oxygen atoms in total. The van der Waals surface area contributed by atoms with E-state index >= 15 is 0 Å². The number of hydrogen-bond donors (Lipinski definition) is 2. The van der Waals surface area contributed by atoms with Gasteiger partial charge >= 0.3 is 0 Å². The van der Waals surface area contributed by atoms with Gasteiger partial charge in [-0.25, -0.2) is 8.42 Å². The molecule has 2 aromatic rings. The lowest BCUT2D eigenvalue weighted by atomic mass is 10.2. The Kier molecular flexibility index (Phi) is 6.07. The fourth-order valence-electron chi connectivity index (χ4n) is 2.27. The number of amides is 1. The highest BCUT2D eigenvalue weighted by Gasteiger charge is 2.15. The van der Waals surface area contributed by atoms with Crippen molar-refractivity contribution in [1.82, 2.24) is 0 Å². The molecule has 0 atom stereocenters. The topological polar surface area (TPSA) is 84.5 Å². The number of carbonyl (C=O) groups excluding carboxylic acids is 1. The number of benzene rings is 1. The molecule has 0 aliphatic heterocycles. The van der Waals surface area contributed by atoms with E-state index < -0.39 is 10.0 Å². The maximum atomic E-state index is 12.4. The molecule has 0 aliphatic carbocycles.